The summed E-state index contributed by atoms with van der Waals surface area (Å²) in [6, 6.07) is 4.97. The number of aliphatic imine (C=N–C) groups is 1. The highest BCUT2D eigenvalue weighted by molar-refractivity contribution is 14.0. The van der Waals surface area contributed by atoms with Crippen LogP contribution in [0.2, 0.25) is 0 Å². The van der Waals surface area contributed by atoms with Crippen molar-refractivity contribution in [3.05, 3.63) is 35.4 Å². The summed E-state index contributed by atoms with van der Waals surface area (Å²) < 4.78 is 37.5. The molecule has 0 heterocycles. The van der Waals surface area contributed by atoms with Crippen molar-refractivity contribution in [2.75, 3.05) is 13.1 Å². The largest absolute Gasteiger partial charge is 0.416 e. The number of nitrogens with zero attached hydrogens (tertiary/aromatic N) is 1. The second-order valence-electron chi connectivity index (χ2n) is 5.82. The first-order valence-corrected chi connectivity index (χ1v) is 7.73. The number of nitrogens with one attached hydrogen (secondary N) is 2. The van der Waals surface area contributed by atoms with Gasteiger partial charge in [-0.25, -0.2) is 4.99 Å². The van der Waals surface area contributed by atoms with Gasteiger partial charge < -0.3 is 15.7 Å². The van der Waals surface area contributed by atoms with E-state index < -0.39 is 17.3 Å². The quantitative estimate of drug-likeness (QED) is 0.362. The SMILES string of the molecule is CCNC(=NCc1ccc(C(F)(F)F)cc1)NCC1(O)CCC1.I. The van der Waals surface area contributed by atoms with Crippen LogP contribution in [0.5, 0.6) is 0 Å². The second-order valence-corrected chi connectivity index (χ2v) is 5.82. The van der Waals surface area contributed by atoms with Crippen LogP contribution in [-0.2, 0) is 12.7 Å². The van der Waals surface area contributed by atoms with Gasteiger partial charge in [0.2, 0.25) is 0 Å². The number of guanidine groups is 1. The van der Waals surface area contributed by atoms with Gasteiger partial charge in [-0.2, -0.15) is 13.2 Å². The molecular formula is C16H23F3IN3O. The Bertz CT molecular complexity index is 542. The molecule has 0 radical (unpaired) electrons. The number of hydrogen-bond acceptors (Lipinski definition) is 2. The average Bonchev–Trinajstić information content (AvgIpc) is 2.47. The molecule has 1 aliphatic carbocycles. The molecule has 0 aromatic heterocycles. The molecule has 0 bridgehead atoms. The summed E-state index contributed by atoms with van der Waals surface area (Å²) in [5.41, 5.74) is -0.634. The Balaban J connectivity index is 0.00000288. The van der Waals surface area contributed by atoms with Crippen LogP contribution in [0, 0.1) is 0 Å². The van der Waals surface area contributed by atoms with E-state index >= 15 is 0 Å². The lowest BCUT2D eigenvalue weighted by Crippen LogP contribution is -2.50. The highest BCUT2D eigenvalue weighted by atomic mass is 127. The molecule has 136 valence electrons. The number of hydrogen-bond donors (Lipinski definition) is 3. The first-order chi connectivity index (χ1) is 10.8. The minimum Gasteiger partial charge on any atom is -0.388 e. The Hall–Kier alpha value is -1.03. The average molecular weight is 457 g/mol. The van der Waals surface area contributed by atoms with Crippen LogP contribution < -0.4 is 10.6 Å². The van der Waals surface area contributed by atoms with E-state index in [4.69, 9.17) is 0 Å². The van der Waals surface area contributed by atoms with Crippen LogP contribution in [-0.4, -0.2) is 29.8 Å². The summed E-state index contributed by atoms with van der Waals surface area (Å²) in [4.78, 5) is 4.34. The molecule has 2 rings (SSSR count). The van der Waals surface area contributed by atoms with Gasteiger partial charge in [-0.05, 0) is 43.9 Å². The van der Waals surface area contributed by atoms with Gasteiger partial charge in [0.15, 0.2) is 5.96 Å². The third kappa shape index (κ3) is 6.12. The molecule has 1 saturated carbocycles. The third-order valence-corrected chi connectivity index (χ3v) is 3.91. The summed E-state index contributed by atoms with van der Waals surface area (Å²) in [5.74, 6) is 0.549. The molecule has 3 N–H and O–H groups in total. The van der Waals surface area contributed by atoms with E-state index in [1.807, 2.05) is 6.92 Å². The lowest BCUT2D eigenvalue weighted by molar-refractivity contribution is -0.137. The molecule has 4 nitrogen and oxygen atoms in total. The molecule has 8 heteroatoms. The molecule has 0 unspecified atom stereocenters. The Labute approximate surface area is 157 Å². The molecule has 1 fully saturated rings. The van der Waals surface area contributed by atoms with Crippen LogP contribution in [0.25, 0.3) is 0 Å². The molecule has 0 spiro atoms. The van der Waals surface area contributed by atoms with Gasteiger partial charge in [0, 0.05) is 13.1 Å². The summed E-state index contributed by atoms with van der Waals surface area (Å²) >= 11 is 0. The summed E-state index contributed by atoms with van der Waals surface area (Å²) in [5, 5.41) is 16.2. The third-order valence-electron chi connectivity index (χ3n) is 3.91. The molecule has 24 heavy (non-hydrogen) atoms. The van der Waals surface area contributed by atoms with Crippen LogP contribution in [0.15, 0.2) is 29.3 Å². The lowest BCUT2D eigenvalue weighted by atomic mass is 9.80. The van der Waals surface area contributed by atoms with E-state index in [1.165, 1.54) is 12.1 Å². The minimum absolute atomic E-state index is 0. The van der Waals surface area contributed by atoms with Crippen molar-refractivity contribution < 1.29 is 18.3 Å². The zero-order valence-electron chi connectivity index (χ0n) is 13.5. The van der Waals surface area contributed by atoms with Crippen LogP contribution in [0.1, 0.15) is 37.3 Å². The molecule has 0 amide bonds. The fraction of sp³-hybridized carbons (Fsp3) is 0.562. The van der Waals surface area contributed by atoms with E-state index in [-0.39, 0.29) is 30.5 Å². The van der Waals surface area contributed by atoms with Gasteiger partial charge in [-0.3, -0.25) is 0 Å². The Kier molecular flexibility index (Phi) is 7.78. The molecule has 0 aliphatic heterocycles. The van der Waals surface area contributed by atoms with Gasteiger partial charge in [0.05, 0.1) is 17.7 Å². The fourth-order valence-corrected chi connectivity index (χ4v) is 2.32. The first kappa shape index (κ1) is 21.0. The number of halogens is 4. The van der Waals surface area contributed by atoms with E-state index in [2.05, 4.69) is 15.6 Å². The standard InChI is InChI=1S/C16H22F3N3O.HI/c1-2-20-14(22-11-15(23)8-3-9-15)21-10-12-4-6-13(7-5-12)16(17,18)19;/h4-7,23H,2-3,8-11H2,1H3,(H2,20,21,22);1H. The lowest BCUT2D eigenvalue weighted by Gasteiger charge is -2.37. The van der Waals surface area contributed by atoms with Gasteiger partial charge in [0.1, 0.15) is 0 Å². The van der Waals surface area contributed by atoms with E-state index in [9.17, 15) is 18.3 Å². The molecule has 1 aliphatic rings. The summed E-state index contributed by atoms with van der Waals surface area (Å²) in [7, 11) is 0. The molecule has 0 atom stereocenters. The van der Waals surface area contributed by atoms with Gasteiger partial charge >= 0.3 is 6.18 Å². The number of aliphatic hydroxyl groups is 1. The van der Waals surface area contributed by atoms with E-state index in [0.717, 1.165) is 31.4 Å². The van der Waals surface area contributed by atoms with Gasteiger partial charge in [-0.15, -0.1) is 24.0 Å². The van der Waals surface area contributed by atoms with E-state index in [0.29, 0.717) is 24.6 Å². The predicted molar refractivity (Wildman–Crippen MR) is 98.5 cm³/mol. The van der Waals surface area contributed by atoms with Crippen LogP contribution in [0.3, 0.4) is 0 Å². The number of alkyl halides is 3. The Morgan fingerprint density at radius 3 is 2.29 bits per heavy atom. The maximum absolute atomic E-state index is 12.5. The summed E-state index contributed by atoms with van der Waals surface area (Å²) in [6.07, 6.45) is -1.75. The zero-order chi connectivity index (χ0) is 16.9. The van der Waals surface area contributed by atoms with Crippen molar-refractivity contribution >= 4 is 29.9 Å². The van der Waals surface area contributed by atoms with Crippen molar-refractivity contribution in [3.63, 3.8) is 0 Å². The van der Waals surface area contributed by atoms with Crippen molar-refractivity contribution in [1.29, 1.82) is 0 Å². The van der Waals surface area contributed by atoms with Gasteiger partial charge in [0.25, 0.3) is 0 Å². The molecular weight excluding hydrogens is 434 g/mol. The topological polar surface area (TPSA) is 56.7 Å². The van der Waals surface area contributed by atoms with Crippen molar-refractivity contribution in [2.24, 2.45) is 4.99 Å². The number of benzene rings is 1. The predicted octanol–water partition coefficient (Wildman–Crippen LogP) is 3.29. The summed E-state index contributed by atoms with van der Waals surface area (Å²) in [6.45, 7) is 3.28. The Morgan fingerprint density at radius 1 is 1.21 bits per heavy atom. The fourth-order valence-electron chi connectivity index (χ4n) is 2.32. The normalized spacial score (nSPS) is 16.8. The highest BCUT2D eigenvalue weighted by Crippen LogP contribution is 2.30. The first-order valence-electron chi connectivity index (χ1n) is 7.73. The van der Waals surface area contributed by atoms with E-state index in [1.54, 1.807) is 0 Å². The number of rotatable bonds is 5. The highest BCUT2D eigenvalue weighted by Gasteiger charge is 2.34. The van der Waals surface area contributed by atoms with Crippen molar-refractivity contribution in [3.8, 4) is 0 Å². The van der Waals surface area contributed by atoms with Gasteiger partial charge in [-0.1, -0.05) is 12.1 Å². The minimum atomic E-state index is -4.32. The molecule has 1 aromatic carbocycles. The maximum atomic E-state index is 12.5. The second kappa shape index (κ2) is 8.89. The van der Waals surface area contributed by atoms with Crippen LogP contribution in [0.4, 0.5) is 13.2 Å². The molecule has 0 saturated heterocycles. The Morgan fingerprint density at radius 2 is 1.83 bits per heavy atom. The molecule has 1 aromatic rings. The smallest absolute Gasteiger partial charge is 0.388 e. The monoisotopic (exact) mass is 457 g/mol. The zero-order valence-corrected chi connectivity index (χ0v) is 15.8. The van der Waals surface area contributed by atoms with Crippen molar-refractivity contribution in [2.45, 2.75) is 44.5 Å². The van der Waals surface area contributed by atoms with Crippen LogP contribution >= 0.6 is 24.0 Å². The maximum Gasteiger partial charge on any atom is 0.416 e. The van der Waals surface area contributed by atoms with Crippen molar-refractivity contribution in [1.82, 2.24) is 10.6 Å².